The lowest BCUT2D eigenvalue weighted by Gasteiger charge is -2.20. The average molecular weight is 382 g/mol. The highest BCUT2D eigenvalue weighted by Gasteiger charge is 2.25. The molecule has 0 saturated heterocycles. The first kappa shape index (κ1) is 21.2. The van der Waals surface area contributed by atoms with Gasteiger partial charge < -0.3 is 15.7 Å². The Bertz CT molecular complexity index is 816. The minimum absolute atomic E-state index is 0.259. The van der Waals surface area contributed by atoms with E-state index in [0.717, 1.165) is 5.56 Å². The summed E-state index contributed by atoms with van der Waals surface area (Å²) in [6, 6.07) is 14.5. The van der Waals surface area contributed by atoms with E-state index in [4.69, 9.17) is 5.11 Å². The minimum atomic E-state index is -1.14. The van der Waals surface area contributed by atoms with Crippen molar-refractivity contribution < 1.29 is 19.5 Å². The lowest BCUT2D eigenvalue weighted by atomic mass is 9.98. The summed E-state index contributed by atoms with van der Waals surface area (Å²) in [5.41, 5.74) is 2.49. The fourth-order valence-electron chi connectivity index (χ4n) is 2.69. The Kier molecular flexibility index (Phi) is 7.32. The molecule has 2 atom stereocenters. The van der Waals surface area contributed by atoms with Gasteiger partial charge in [0.2, 0.25) is 5.91 Å². The Morgan fingerprint density at radius 3 is 2.04 bits per heavy atom. The monoisotopic (exact) mass is 382 g/mol. The predicted molar refractivity (Wildman–Crippen MR) is 107 cm³/mol. The second-order valence-corrected chi connectivity index (χ2v) is 7.06. The van der Waals surface area contributed by atoms with Crippen LogP contribution in [0.4, 0.5) is 0 Å². The van der Waals surface area contributed by atoms with Crippen molar-refractivity contribution in [3.8, 4) is 0 Å². The standard InChI is InChI=1S/C22H26N2O4/c1-14(2)17-11-9-16(10-12-17)13-19(21(26)23-15(3)22(27)28)24-20(25)18-7-5-4-6-8-18/h4-12,14-15,19H,13H2,1-3H3,(H,23,26)(H,24,25)(H,27,28)/t15-,19-/m1/s1. The highest BCUT2D eigenvalue weighted by Crippen LogP contribution is 2.16. The van der Waals surface area contributed by atoms with Crippen molar-refractivity contribution in [2.24, 2.45) is 0 Å². The number of carboxylic acid groups (broad SMARTS) is 1. The lowest BCUT2D eigenvalue weighted by molar-refractivity contribution is -0.141. The molecule has 2 aromatic rings. The number of benzene rings is 2. The van der Waals surface area contributed by atoms with Gasteiger partial charge in [0.15, 0.2) is 0 Å². The molecule has 0 fully saturated rings. The summed E-state index contributed by atoms with van der Waals surface area (Å²) in [6.45, 7) is 5.57. The number of carbonyl (C=O) groups is 3. The third-order valence-electron chi connectivity index (χ3n) is 4.47. The number of amides is 2. The molecule has 2 amide bonds. The molecule has 0 spiro atoms. The van der Waals surface area contributed by atoms with Crippen LogP contribution in [0.5, 0.6) is 0 Å². The molecule has 6 nitrogen and oxygen atoms in total. The molecule has 148 valence electrons. The first-order valence-corrected chi connectivity index (χ1v) is 9.26. The number of hydrogen-bond acceptors (Lipinski definition) is 3. The molecule has 0 saturated carbocycles. The second-order valence-electron chi connectivity index (χ2n) is 7.06. The molecule has 0 aliphatic carbocycles. The van der Waals surface area contributed by atoms with Crippen molar-refractivity contribution >= 4 is 17.8 Å². The van der Waals surface area contributed by atoms with Gasteiger partial charge in [-0.3, -0.25) is 14.4 Å². The van der Waals surface area contributed by atoms with E-state index in [1.165, 1.54) is 12.5 Å². The molecule has 6 heteroatoms. The van der Waals surface area contributed by atoms with Gasteiger partial charge in [0.1, 0.15) is 12.1 Å². The van der Waals surface area contributed by atoms with Crippen molar-refractivity contribution in [1.29, 1.82) is 0 Å². The molecule has 0 aliphatic heterocycles. The van der Waals surface area contributed by atoms with E-state index < -0.39 is 24.0 Å². The second kappa shape index (κ2) is 9.69. The summed E-state index contributed by atoms with van der Waals surface area (Å²) in [4.78, 5) is 36.2. The van der Waals surface area contributed by atoms with E-state index in [1.807, 2.05) is 24.3 Å². The van der Waals surface area contributed by atoms with E-state index in [-0.39, 0.29) is 12.3 Å². The van der Waals surface area contributed by atoms with Gasteiger partial charge in [0.25, 0.3) is 5.91 Å². The number of rotatable bonds is 8. The van der Waals surface area contributed by atoms with Crippen LogP contribution < -0.4 is 10.6 Å². The summed E-state index contributed by atoms with van der Waals surface area (Å²) in [5.74, 6) is -1.67. The highest BCUT2D eigenvalue weighted by atomic mass is 16.4. The Hall–Kier alpha value is -3.15. The number of nitrogens with one attached hydrogen (secondary N) is 2. The van der Waals surface area contributed by atoms with E-state index in [9.17, 15) is 14.4 Å². The zero-order chi connectivity index (χ0) is 20.7. The largest absolute Gasteiger partial charge is 0.480 e. The molecule has 0 aliphatic rings. The van der Waals surface area contributed by atoms with Crippen LogP contribution in [0.15, 0.2) is 54.6 Å². The summed E-state index contributed by atoms with van der Waals surface area (Å²) >= 11 is 0. The topological polar surface area (TPSA) is 95.5 Å². The fourth-order valence-corrected chi connectivity index (χ4v) is 2.69. The molecule has 2 rings (SSSR count). The van der Waals surface area contributed by atoms with Gasteiger partial charge in [0, 0.05) is 12.0 Å². The molecule has 0 unspecified atom stereocenters. The summed E-state index contributed by atoms with van der Waals surface area (Å²) < 4.78 is 0. The SMILES string of the molecule is CC(C)c1ccc(C[C@@H](NC(=O)c2ccccc2)C(=O)N[C@H](C)C(=O)O)cc1. The van der Waals surface area contributed by atoms with Crippen molar-refractivity contribution in [2.45, 2.75) is 45.2 Å². The van der Waals surface area contributed by atoms with Crippen LogP contribution >= 0.6 is 0 Å². The van der Waals surface area contributed by atoms with Crippen LogP contribution in [0.3, 0.4) is 0 Å². The molecular formula is C22H26N2O4. The van der Waals surface area contributed by atoms with Gasteiger partial charge in [-0.1, -0.05) is 56.3 Å². The summed E-state index contributed by atoms with van der Waals surface area (Å²) in [6.07, 6.45) is 0.259. The lowest BCUT2D eigenvalue weighted by Crippen LogP contribution is -2.51. The van der Waals surface area contributed by atoms with E-state index in [0.29, 0.717) is 11.5 Å². The van der Waals surface area contributed by atoms with Crippen LogP contribution in [0.2, 0.25) is 0 Å². The average Bonchev–Trinajstić information content (AvgIpc) is 2.68. The van der Waals surface area contributed by atoms with Crippen LogP contribution in [0, 0.1) is 0 Å². The highest BCUT2D eigenvalue weighted by molar-refractivity contribution is 5.98. The molecule has 0 heterocycles. The quantitative estimate of drug-likeness (QED) is 0.654. The number of carboxylic acids is 1. The third-order valence-corrected chi connectivity index (χ3v) is 4.47. The third kappa shape index (κ3) is 5.94. The van der Waals surface area contributed by atoms with E-state index in [1.54, 1.807) is 30.3 Å². The molecule has 2 aromatic carbocycles. The molecule has 28 heavy (non-hydrogen) atoms. The van der Waals surface area contributed by atoms with Gasteiger partial charge in [-0.25, -0.2) is 0 Å². The molecule has 0 bridgehead atoms. The Labute approximate surface area is 165 Å². The van der Waals surface area contributed by atoms with Gasteiger partial charge in [-0.15, -0.1) is 0 Å². The van der Waals surface area contributed by atoms with E-state index >= 15 is 0 Å². The maximum absolute atomic E-state index is 12.6. The number of aliphatic carboxylic acids is 1. The maximum atomic E-state index is 12.6. The maximum Gasteiger partial charge on any atom is 0.325 e. The van der Waals surface area contributed by atoms with Crippen LogP contribution in [-0.4, -0.2) is 35.0 Å². The first-order chi connectivity index (χ1) is 13.3. The number of carbonyl (C=O) groups excluding carboxylic acids is 2. The van der Waals surface area contributed by atoms with Crippen molar-refractivity contribution in [3.05, 3.63) is 71.3 Å². The summed E-state index contributed by atoms with van der Waals surface area (Å²) in [7, 11) is 0. The van der Waals surface area contributed by atoms with Gasteiger partial charge in [-0.2, -0.15) is 0 Å². The molecule has 0 radical (unpaired) electrons. The van der Waals surface area contributed by atoms with E-state index in [2.05, 4.69) is 24.5 Å². The minimum Gasteiger partial charge on any atom is -0.480 e. The Morgan fingerprint density at radius 2 is 1.50 bits per heavy atom. The molecule has 0 aromatic heterocycles. The predicted octanol–water partition coefficient (Wildman–Crippen LogP) is 2.74. The van der Waals surface area contributed by atoms with Crippen molar-refractivity contribution in [2.75, 3.05) is 0 Å². The zero-order valence-electron chi connectivity index (χ0n) is 16.3. The number of hydrogen-bond donors (Lipinski definition) is 3. The van der Waals surface area contributed by atoms with Crippen molar-refractivity contribution in [3.63, 3.8) is 0 Å². The van der Waals surface area contributed by atoms with Crippen LogP contribution in [-0.2, 0) is 16.0 Å². The molecular weight excluding hydrogens is 356 g/mol. The fraction of sp³-hybridized carbons (Fsp3) is 0.318. The Balaban J connectivity index is 2.18. The van der Waals surface area contributed by atoms with Gasteiger partial charge in [-0.05, 0) is 36.1 Å². The zero-order valence-corrected chi connectivity index (χ0v) is 16.3. The smallest absolute Gasteiger partial charge is 0.325 e. The normalized spacial score (nSPS) is 12.9. The van der Waals surface area contributed by atoms with Gasteiger partial charge >= 0.3 is 5.97 Å². The van der Waals surface area contributed by atoms with Gasteiger partial charge in [0.05, 0.1) is 0 Å². The first-order valence-electron chi connectivity index (χ1n) is 9.26. The molecule has 3 N–H and O–H groups in total. The Morgan fingerprint density at radius 1 is 0.893 bits per heavy atom. The van der Waals surface area contributed by atoms with Crippen LogP contribution in [0.1, 0.15) is 48.2 Å². The van der Waals surface area contributed by atoms with Crippen LogP contribution in [0.25, 0.3) is 0 Å². The summed E-state index contributed by atoms with van der Waals surface area (Å²) in [5, 5.41) is 14.2. The van der Waals surface area contributed by atoms with Crippen molar-refractivity contribution in [1.82, 2.24) is 10.6 Å².